The number of amides is 1. The molecule has 0 radical (unpaired) electrons. The van der Waals surface area contributed by atoms with Gasteiger partial charge in [-0.2, -0.15) is 5.10 Å². The molecule has 1 aliphatic heterocycles. The van der Waals surface area contributed by atoms with Crippen LogP contribution in [-0.2, 0) is 4.79 Å². The molecule has 1 aliphatic rings. The maximum Gasteiger partial charge on any atom is 0.239 e. The van der Waals surface area contributed by atoms with Crippen molar-refractivity contribution in [2.45, 2.75) is 0 Å². The first-order valence-electron chi connectivity index (χ1n) is 7.49. The molecule has 3 aromatic rings. The summed E-state index contributed by atoms with van der Waals surface area (Å²) >= 11 is 0. The van der Waals surface area contributed by atoms with E-state index in [1.165, 1.54) is 0 Å². The van der Waals surface area contributed by atoms with Gasteiger partial charge in [-0.1, -0.05) is 12.1 Å². The maximum atomic E-state index is 11.8. The number of benzene rings is 1. The van der Waals surface area contributed by atoms with Crippen molar-refractivity contribution in [2.75, 3.05) is 30.3 Å². The summed E-state index contributed by atoms with van der Waals surface area (Å²) in [6.45, 7) is 1.40. The summed E-state index contributed by atoms with van der Waals surface area (Å²) in [7, 11) is 0. The van der Waals surface area contributed by atoms with Gasteiger partial charge in [-0.05, 0) is 23.8 Å². The number of hydrogen-bond donors (Lipinski definition) is 3. The van der Waals surface area contributed by atoms with Crippen LogP contribution in [0.1, 0.15) is 0 Å². The van der Waals surface area contributed by atoms with Gasteiger partial charge >= 0.3 is 0 Å². The molecular formula is C16H16N6O. The van der Waals surface area contributed by atoms with Crippen LogP contribution < -0.4 is 16.0 Å². The molecule has 23 heavy (non-hydrogen) atoms. The minimum Gasteiger partial charge on any atom is -0.376 e. The number of hydrogen-bond acceptors (Lipinski definition) is 5. The van der Waals surface area contributed by atoms with Gasteiger partial charge in [0.25, 0.3) is 0 Å². The largest absolute Gasteiger partial charge is 0.376 e. The standard InChI is InChI=1S/C16H16N6O/c23-15-10-19-12-3-1-2-11(8-12)13-9-20-22-7-4-14(21-16(13)22)17-5-6-18-15/h1-4,7-9,19H,5-6,10H2,(H,17,21)(H,18,23). The summed E-state index contributed by atoms with van der Waals surface area (Å²) < 4.78 is 1.76. The highest BCUT2D eigenvalue weighted by atomic mass is 16.1. The molecule has 7 nitrogen and oxygen atoms in total. The molecule has 0 fully saturated rings. The van der Waals surface area contributed by atoms with E-state index in [1.54, 1.807) is 4.52 Å². The Morgan fingerprint density at radius 1 is 1.09 bits per heavy atom. The van der Waals surface area contributed by atoms with Crippen LogP contribution in [0.3, 0.4) is 0 Å². The number of carbonyl (C=O) groups is 1. The molecule has 4 rings (SSSR count). The number of anilines is 2. The molecule has 0 saturated carbocycles. The second-order valence-electron chi connectivity index (χ2n) is 5.35. The SMILES string of the molecule is O=C1CNc2cccc(c2)-c2cnn3ccc(nc23)NCCN1. The third-order valence-electron chi connectivity index (χ3n) is 3.75. The Bertz CT molecular complexity index is 872. The molecule has 0 spiro atoms. The van der Waals surface area contributed by atoms with Crippen LogP contribution in [0.4, 0.5) is 11.5 Å². The van der Waals surface area contributed by atoms with E-state index in [0.717, 1.165) is 28.3 Å². The molecule has 7 heteroatoms. The van der Waals surface area contributed by atoms with Crippen molar-refractivity contribution in [2.24, 2.45) is 0 Å². The maximum absolute atomic E-state index is 11.8. The van der Waals surface area contributed by atoms with Crippen LogP contribution in [0, 0.1) is 0 Å². The highest BCUT2D eigenvalue weighted by molar-refractivity contribution is 5.82. The molecule has 116 valence electrons. The molecule has 0 atom stereocenters. The van der Waals surface area contributed by atoms with E-state index in [0.29, 0.717) is 13.1 Å². The number of nitrogens with one attached hydrogen (secondary N) is 3. The quantitative estimate of drug-likeness (QED) is 0.584. The van der Waals surface area contributed by atoms with Crippen molar-refractivity contribution in [1.82, 2.24) is 19.9 Å². The molecule has 1 amide bonds. The van der Waals surface area contributed by atoms with Gasteiger partial charge in [0.05, 0.1) is 12.7 Å². The monoisotopic (exact) mass is 308 g/mol. The highest BCUT2D eigenvalue weighted by Gasteiger charge is 2.10. The van der Waals surface area contributed by atoms with Gasteiger partial charge < -0.3 is 16.0 Å². The van der Waals surface area contributed by atoms with Crippen molar-refractivity contribution in [3.8, 4) is 11.1 Å². The van der Waals surface area contributed by atoms with E-state index in [9.17, 15) is 4.79 Å². The lowest BCUT2D eigenvalue weighted by Gasteiger charge is -2.11. The third kappa shape index (κ3) is 2.68. The zero-order valence-electron chi connectivity index (χ0n) is 12.4. The number of aromatic nitrogens is 3. The Morgan fingerprint density at radius 3 is 2.96 bits per heavy atom. The van der Waals surface area contributed by atoms with Gasteiger partial charge in [-0.3, -0.25) is 4.79 Å². The first-order chi connectivity index (χ1) is 11.3. The van der Waals surface area contributed by atoms with Crippen LogP contribution in [0.2, 0.25) is 0 Å². The fraction of sp³-hybridized carbons (Fsp3) is 0.188. The summed E-state index contributed by atoms with van der Waals surface area (Å²) in [5.74, 6) is 0.726. The Kier molecular flexibility index (Phi) is 3.30. The summed E-state index contributed by atoms with van der Waals surface area (Å²) in [5, 5.41) is 13.6. The molecule has 0 aliphatic carbocycles. The average molecular weight is 308 g/mol. The normalized spacial score (nSPS) is 14.7. The predicted molar refractivity (Wildman–Crippen MR) is 88.4 cm³/mol. The van der Waals surface area contributed by atoms with Gasteiger partial charge in [0.1, 0.15) is 5.82 Å². The van der Waals surface area contributed by atoms with Gasteiger partial charge in [0.15, 0.2) is 5.65 Å². The molecule has 1 aromatic carbocycles. The van der Waals surface area contributed by atoms with Gasteiger partial charge in [-0.25, -0.2) is 9.50 Å². The summed E-state index contributed by atoms with van der Waals surface area (Å²) in [6.07, 6.45) is 3.69. The minimum absolute atomic E-state index is 0.0381. The van der Waals surface area contributed by atoms with Crippen LogP contribution in [0.15, 0.2) is 42.7 Å². The third-order valence-corrected chi connectivity index (χ3v) is 3.75. The zero-order valence-corrected chi connectivity index (χ0v) is 12.4. The summed E-state index contributed by atoms with van der Waals surface area (Å²) in [6, 6.07) is 9.77. The summed E-state index contributed by atoms with van der Waals surface area (Å²) in [4.78, 5) is 16.4. The van der Waals surface area contributed by atoms with E-state index < -0.39 is 0 Å². The van der Waals surface area contributed by atoms with E-state index in [4.69, 9.17) is 0 Å². The molecule has 2 aromatic heterocycles. The fourth-order valence-corrected chi connectivity index (χ4v) is 2.60. The second-order valence-corrected chi connectivity index (χ2v) is 5.35. The Labute approximate surface area is 132 Å². The Balaban J connectivity index is 1.83. The van der Waals surface area contributed by atoms with Crippen LogP contribution in [0.25, 0.3) is 16.8 Å². The van der Waals surface area contributed by atoms with E-state index in [-0.39, 0.29) is 12.5 Å². The molecule has 0 saturated heterocycles. The number of carbonyl (C=O) groups excluding carboxylic acids is 1. The first-order valence-corrected chi connectivity index (χ1v) is 7.49. The van der Waals surface area contributed by atoms with Crippen LogP contribution >= 0.6 is 0 Å². The number of fused-ring (bicyclic) bond motifs is 4. The highest BCUT2D eigenvalue weighted by Crippen LogP contribution is 2.26. The molecular weight excluding hydrogens is 292 g/mol. The van der Waals surface area contributed by atoms with Gasteiger partial charge in [0.2, 0.25) is 5.91 Å². The number of nitrogens with zero attached hydrogens (tertiary/aromatic N) is 3. The van der Waals surface area contributed by atoms with Crippen molar-refractivity contribution < 1.29 is 4.79 Å². The van der Waals surface area contributed by atoms with Crippen molar-refractivity contribution >= 4 is 23.1 Å². The van der Waals surface area contributed by atoms with Crippen molar-refractivity contribution in [1.29, 1.82) is 0 Å². The molecule has 0 unspecified atom stereocenters. The zero-order chi connectivity index (χ0) is 15.6. The van der Waals surface area contributed by atoms with Gasteiger partial charge in [0, 0.05) is 30.5 Å². The van der Waals surface area contributed by atoms with Crippen molar-refractivity contribution in [3.63, 3.8) is 0 Å². The van der Waals surface area contributed by atoms with E-state index in [1.807, 2.05) is 42.7 Å². The second kappa shape index (κ2) is 5.60. The topological polar surface area (TPSA) is 83.4 Å². The molecule has 3 N–H and O–H groups in total. The number of rotatable bonds is 0. The van der Waals surface area contributed by atoms with E-state index in [2.05, 4.69) is 26.0 Å². The van der Waals surface area contributed by atoms with Crippen molar-refractivity contribution in [3.05, 3.63) is 42.7 Å². The lowest BCUT2D eigenvalue weighted by atomic mass is 10.1. The van der Waals surface area contributed by atoms with Crippen LogP contribution in [0.5, 0.6) is 0 Å². The predicted octanol–water partition coefficient (Wildman–Crippen LogP) is 1.35. The summed E-state index contributed by atoms with van der Waals surface area (Å²) in [5.41, 5.74) is 3.66. The minimum atomic E-state index is -0.0381. The lowest BCUT2D eigenvalue weighted by molar-refractivity contribution is -0.119. The Hall–Kier alpha value is -3.09. The molecule has 4 bridgehead atoms. The average Bonchev–Trinajstić information content (AvgIpc) is 3.00. The Morgan fingerprint density at radius 2 is 2.00 bits per heavy atom. The van der Waals surface area contributed by atoms with Gasteiger partial charge in [-0.15, -0.1) is 0 Å². The first kappa shape index (κ1) is 13.6. The fourth-order valence-electron chi connectivity index (χ4n) is 2.60. The smallest absolute Gasteiger partial charge is 0.239 e. The lowest BCUT2D eigenvalue weighted by Crippen LogP contribution is -2.33. The van der Waals surface area contributed by atoms with E-state index >= 15 is 0 Å². The van der Waals surface area contributed by atoms with Crippen LogP contribution in [-0.4, -0.2) is 40.1 Å². The molecule has 3 heterocycles.